The highest BCUT2D eigenvalue weighted by atomic mass is 16.3. The molecule has 0 radical (unpaired) electrons. The number of aliphatic hydroxyl groups excluding tert-OH is 2. The fraction of sp³-hybridized carbons (Fsp3) is 0.870. The van der Waals surface area contributed by atoms with Crippen LogP contribution in [0, 0.1) is 16.2 Å². The number of hydrogen-bond donors (Lipinski definition) is 2. The molecule has 0 aliphatic carbocycles. The third-order valence-corrected chi connectivity index (χ3v) is 5.83. The molecule has 28 heavy (non-hydrogen) atoms. The van der Waals surface area contributed by atoms with E-state index in [1.807, 2.05) is 0 Å². The number of aliphatic hydroxyl groups is 2. The summed E-state index contributed by atoms with van der Waals surface area (Å²) in [4.78, 5) is 10.1. The molecular weight excluding hydrogens is 350 g/mol. The standard InChI is InChI=1S/C23H43N3O2/c1-21(2,3)18-17-14-16(25(10-12-27)11-13-28)15-26(17)20(23(7,8)9)24-19(18)22(4,5)6/h16,19,27-28H,10-15H2,1-9H3. The zero-order chi connectivity index (χ0) is 21.5. The molecule has 2 aliphatic heterocycles. The lowest BCUT2D eigenvalue weighted by Gasteiger charge is -2.45. The smallest absolute Gasteiger partial charge is 0.109 e. The second-order valence-electron chi connectivity index (χ2n) is 11.5. The minimum atomic E-state index is -0.0359. The Bertz CT molecular complexity index is 611. The number of nitrogens with zero attached hydrogens (tertiary/aromatic N) is 3. The Morgan fingerprint density at radius 3 is 1.86 bits per heavy atom. The third kappa shape index (κ3) is 4.80. The van der Waals surface area contributed by atoms with E-state index in [2.05, 4.69) is 72.1 Å². The predicted octanol–water partition coefficient (Wildman–Crippen LogP) is 3.52. The van der Waals surface area contributed by atoms with Crippen LogP contribution in [0.3, 0.4) is 0 Å². The average Bonchev–Trinajstić information content (AvgIpc) is 2.94. The molecule has 2 unspecified atom stereocenters. The molecule has 1 fully saturated rings. The Morgan fingerprint density at radius 2 is 1.46 bits per heavy atom. The van der Waals surface area contributed by atoms with Gasteiger partial charge in [-0.2, -0.15) is 0 Å². The number of fused-ring (bicyclic) bond motifs is 1. The second kappa shape index (κ2) is 8.08. The molecule has 0 aromatic carbocycles. The highest BCUT2D eigenvalue weighted by molar-refractivity contribution is 5.90. The molecule has 2 aliphatic rings. The van der Waals surface area contributed by atoms with Crippen molar-refractivity contribution in [3.05, 3.63) is 11.3 Å². The van der Waals surface area contributed by atoms with Crippen LogP contribution in [0.25, 0.3) is 0 Å². The lowest BCUT2D eigenvalue weighted by molar-refractivity contribution is 0.125. The van der Waals surface area contributed by atoms with Crippen LogP contribution in [-0.4, -0.2) is 70.8 Å². The fourth-order valence-electron chi connectivity index (χ4n) is 4.65. The van der Waals surface area contributed by atoms with Crippen molar-refractivity contribution in [2.75, 3.05) is 32.8 Å². The normalized spacial score (nSPS) is 24.1. The summed E-state index contributed by atoms with van der Waals surface area (Å²) in [5.41, 5.74) is 2.91. The van der Waals surface area contributed by atoms with Crippen molar-refractivity contribution in [3.63, 3.8) is 0 Å². The molecule has 2 atom stereocenters. The first kappa shape index (κ1) is 23.4. The van der Waals surface area contributed by atoms with Crippen molar-refractivity contribution in [3.8, 4) is 0 Å². The van der Waals surface area contributed by atoms with Gasteiger partial charge >= 0.3 is 0 Å². The SMILES string of the molecule is CC(C)(C)C1=NC(C(C)(C)C)C(C(C)(C)C)=C2CC(N(CCO)CCO)CN12. The molecule has 1 saturated heterocycles. The van der Waals surface area contributed by atoms with E-state index in [1.54, 1.807) is 0 Å². The molecule has 2 rings (SSSR count). The van der Waals surface area contributed by atoms with Gasteiger partial charge in [0.15, 0.2) is 0 Å². The lowest BCUT2D eigenvalue weighted by Crippen LogP contribution is -2.48. The van der Waals surface area contributed by atoms with Gasteiger partial charge in [-0.3, -0.25) is 9.89 Å². The molecule has 0 amide bonds. The Hall–Kier alpha value is -0.910. The molecule has 162 valence electrons. The number of hydrogen-bond acceptors (Lipinski definition) is 5. The van der Waals surface area contributed by atoms with Gasteiger partial charge in [-0.1, -0.05) is 62.3 Å². The minimum Gasteiger partial charge on any atom is -0.395 e. The zero-order valence-corrected chi connectivity index (χ0v) is 19.6. The van der Waals surface area contributed by atoms with Gasteiger partial charge in [0.25, 0.3) is 0 Å². The minimum absolute atomic E-state index is 0.0339. The Balaban J connectivity index is 2.59. The van der Waals surface area contributed by atoms with Crippen LogP contribution >= 0.6 is 0 Å². The highest BCUT2D eigenvalue weighted by Gasteiger charge is 2.47. The van der Waals surface area contributed by atoms with Crippen LogP contribution in [0.15, 0.2) is 16.3 Å². The van der Waals surface area contributed by atoms with Gasteiger partial charge in [0.05, 0.1) is 19.3 Å². The molecule has 0 saturated carbocycles. The van der Waals surface area contributed by atoms with E-state index >= 15 is 0 Å². The van der Waals surface area contributed by atoms with Gasteiger partial charge in [0.1, 0.15) is 5.84 Å². The van der Waals surface area contributed by atoms with Crippen LogP contribution in [0.1, 0.15) is 68.7 Å². The van der Waals surface area contributed by atoms with Gasteiger partial charge in [0.2, 0.25) is 0 Å². The Labute approximate surface area is 172 Å². The summed E-state index contributed by atoms with van der Waals surface area (Å²) in [7, 11) is 0. The Kier molecular flexibility index (Phi) is 6.74. The highest BCUT2D eigenvalue weighted by Crippen LogP contribution is 2.47. The van der Waals surface area contributed by atoms with Crippen LogP contribution in [0.4, 0.5) is 0 Å². The van der Waals surface area contributed by atoms with Gasteiger partial charge in [0, 0.05) is 43.2 Å². The van der Waals surface area contributed by atoms with Crippen molar-refractivity contribution < 1.29 is 10.2 Å². The largest absolute Gasteiger partial charge is 0.395 e. The van der Waals surface area contributed by atoms with Crippen molar-refractivity contribution in [1.82, 2.24) is 9.80 Å². The van der Waals surface area contributed by atoms with Gasteiger partial charge < -0.3 is 15.1 Å². The topological polar surface area (TPSA) is 59.3 Å². The van der Waals surface area contributed by atoms with Gasteiger partial charge in [-0.15, -0.1) is 0 Å². The van der Waals surface area contributed by atoms with E-state index < -0.39 is 0 Å². The maximum absolute atomic E-state index is 9.52. The maximum atomic E-state index is 9.52. The van der Waals surface area contributed by atoms with Crippen LogP contribution in [-0.2, 0) is 0 Å². The number of aliphatic imine (C=N–C) groups is 1. The Morgan fingerprint density at radius 1 is 0.929 bits per heavy atom. The summed E-state index contributed by atoms with van der Waals surface area (Å²) in [6.07, 6.45) is 0.953. The summed E-state index contributed by atoms with van der Waals surface area (Å²) in [5.74, 6) is 1.17. The summed E-state index contributed by atoms with van der Waals surface area (Å²) in [5, 5.41) is 19.0. The van der Waals surface area contributed by atoms with Crippen LogP contribution in [0.2, 0.25) is 0 Å². The fourth-order valence-corrected chi connectivity index (χ4v) is 4.65. The molecule has 5 nitrogen and oxygen atoms in total. The molecular formula is C23H43N3O2. The lowest BCUT2D eigenvalue weighted by atomic mass is 9.70. The van der Waals surface area contributed by atoms with E-state index in [1.165, 1.54) is 17.1 Å². The molecule has 5 heteroatoms. The summed E-state index contributed by atoms with van der Waals surface area (Å²) in [6, 6.07) is 0.453. The molecule has 2 N–H and O–H groups in total. The summed E-state index contributed by atoms with van der Waals surface area (Å²) >= 11 is 0. The average molecular weight is 394 g/mol. The van der Waals surface area contributed by atoms with Crippen molar-refractivity contribution in [2.24, 2.45) is 21.2 Å². The zero-order valence-electron chi connectivity index (χ0n) is 19.6. The summed E-state index contributed by atoms with van der Waals surface area (Å²) in [6.45, 7) is 22.8. The number of rotatable bonds is 5. The molecule has 0 spiro atoms. The van der Waals surface area contributed by atoms with E-state index in [-0.39, 0.29) is 41.5 Å². The molecule has 0 aromatic heterocycles. The molecule has 0 aromatic rings. The number of amidine groups is 1. The van der Waals surface area contributed by atoms with E-state index in [0.29, 0.717) is 13.1 Å². The quantitative estimate of drug-likeness (QED) is 0.750. The summed E-state index contributed by atoms with van der Waals surface area (Å²) < 4.78 is 0. The van der Waals surface area contributed by atoms with Crippen LogP contribution < -0.4 is 0 Å². The first-order chi connectivity index (χ1) is 12.7. The van der Waals surface area contributed by atoms with E-state index in [4.69, 9.17) is 4.99 Å². The molecule has 0 bridgehead atoms. The van der Waals surface area contributed by atoms with E-state index in [0.717, 1.165) is 13.0 Å². The maximum Gasteiger partial charge on any atom is 0.109 e. The first-order valence-corrected chi connectivity index (χ1v) is 10.8. The van der Waals surface area contributed by atoms with Gasteiger partial charge in [-0.25, -0.2) is 0 Å². The third-order valence-electron chi connectivity index (χ3n) is 5.83. The monoisotopic (exact) mass is 393 g/mol. The van der Waals surface area contributed by atoms with Crippen molar-refractivity contribution in [1.29, 1.82) is 0 Å². The predicted molar refractivity (Wildman–Crippen MR) is 117 cm³/mol. The first-order valence-electron chi connectivity index (χ1n) is 10.8. The van der Waals surface area contributed by atoms with E-state index in [9.17, 15) is 10.2 Å². The molecule has 2 heterocycles. The second-order valence-corrected chi connectivity index (χ2v) is 11.5. The van der Waals surface area contributed by atoms with Crippen molar-refractivity contribution in [2.45, 2.75) is 80.8 Å². The van der Waals surface area contributed by atoms with Gasteiger partial charge in [-0.05, 0) is 16.4 Å². The van der Waals surface area contributed by atoms with Crippen molar-refractivity contribution >= 4 is 5.84 Å². The van der Waals surface area contributed by atoms with Crippen LogP contribution in [0.5, 0.6) is 0 Å².